The van der Waals surface area contributed by atoms with Crippen molar-refractivity contribution in [2.75, 3.05) is 19.1 Å². The molecule has 0 aromatic heterocycles. The normalized spacial score (nSPS) is 22.4. The summed E-state index contributed by atoms with van der Waals surface area (Å²) in [6, 6.07) is 22.3. The Balaban J connectivity index is 1.44. The van der Waals surface area contributed by atoms with Gasteiger partial charge >= 0.3 is 5.97 Å². The number of methoxy groups -OCH3 is 2. The first-order valence-electron chi connectivity index (χ1n) is 13.7. The lowest BCUT2D eigenvalue weighted by Gasteiger charge is -2.23. The molecule has 0 spiro atoms. The molecule has 0 radical (unpaired) electrons. The van der Waals surface area contributed by atoms with Gasteiger partial charge in [0.15, 0.2) is 0 Å². The van der Waals surface area contributed by atoms with Gasteiger partial charge in [-0.25, -0.2) is 9.69 Å². The number of amides is 2. The van der Waals surface area contributed by atoms with Gasteiger partial charge in [-0.2, -0.15) is 0 Å². The Bertz CT molecular complexity index is 1500. The molecule has 2 fully saturated rings. The Morgan fingerprint density at radius 2 is 1.22 bits per heavy atom. The van der Waals surface area contributed by atoms with Crippen molar-refractivity contribution in [1.82, 2.24) is 0 Å². The van der Waals surface area contributed by atoms with E-state index in [0.29, 0.717) is 0 Å². The maximum absolute atomic E-state index is 14.1. The third-order valence-corrected chi connectivity index (χ3v) is 8.17. The number of benzene rings is 3. The number of fused-ring (bicyclic) bond motifs is 5. The molecule has 6 rings (SSSR count). The van der Waals surface area contributed by atoms with Gasteiger partial charge in [-0.1, -0.05) is 48.6 Å². The summed E-state index contributed by atoms with van der Waals surface area (Å²) in [6.45, 7) is 3.52. The van der Waals surface area contributed by atoms with Crippen molar-refractivity contribution in [3.8, 4) is 11.5 Å². The molecule has 0 N–H and O–H groups in total. The van der Waals surface area contributed by atoms with E-state index in [2.05, 4.69) is 12.2 Å². The summed E-state index contributed by atoms with van der Waals surface area (Å²) in [7, 11) is 3.26. The average Bonchev–Trinajstić information content (AvgIpc) is 3.62. The van der Waals surface area contributed by atoms with Crippen molar-refractivity contribution in [2.24, 2.45) is 23.7 Å². The quantitative estimate of drug-likeness (QED) is 0.214. The second-order valence-electron chi connectivity index (χ2n) is 10.8. The zero-order chi connectivity index (χ0) is 28.8. The highest BCUT2D eigenvalue weighted by atomic mass is 16.5. The van der Waals surface area contributed by atoms with Gasteiger partial charge in [-0.3, -0.25) is 9.59 Å². The number of carbonyl (C=O) groups excluding carboxylic acids is 3. The molecule has 0 unspecified atom stereocenters. The van der Waals surface area contributed by atoms with Crippen molar-refractivity contribution in [3.05, 3.63) is 107 Å². The number of carbonyl (C=O) groups is 3. The monoisotopic (exact) mass is 549 g/mol. The first kappa shape index (κ1) is 26.6. The predicted octanol–water partition coefficient (Wildman–Crippen LogP) is 5.69. The number of nitrogens with zero attached hydrogens (tertiary/aromatic N) is 1. The highest BCUT2D eigenvalue weighted by molar-refractivity contribution is 6.25. The topological polar surface area (TPSA) is 82.1 Å². The zero-order valence-corrected chi connectivity index (χ0v) is 23.4. The van der Waals surface area contributed by atoms with Gasteiger partial charge in [-0.05, 0) is 72.5 Å². The molecular weight excluding hydrogens is 518 g/mol. The predicted molar refractivity (Wildman–Crippen MR) is 155 cm³/mol. The maximum atomic E-state index is 14.1. The minimum absolute atomic E-state index is 0.205. The molecular formula is C34H31NO6. The van der Waals surface area contributed by atoms with Gasteiger partial charge in [0, 0.05) is 11.8 Å². The van der Waals surface area contributed by atoms with E-state index in [9.17, 15) is 14.4 Å². The fourth-order valence-corrected chi connectivity index (χ4v) is 6.47. The van der Waals surface area contributed by atoms with E-state index in [1.54, 1.807) is 52.3 Å². The second-order valence-corrected chi connectivity index (χ2v) is 10.8. The largest absolute Gasteiger partial charge is 0.497 e. The number of rotatable bonds is 7. The number of hydrogen-bond acceptors (Lipinski definition) is 6. The van der Waals surface area contributed by atoms with Crippen LogP contribution < -0.4 is 14.4 Å². The molecule has 2 amide bonds. The van der Waals surface area contributed by atoms with Crippen LogP contribution in [0.5, 0.6) is 11.5 Å². The molecule has 1 saturated carbocycles. The molecule has 2 bridgehead atoms. The van der Waals surface area contributed by atoms with Crippen molar-refractivity contribution in [1.29, 1.82) is 0 Å². The Kier molecular flexibility index (Phi) is 6.73. The van der Waals surface area contributed by atoms with Crippen LogP contribution in [0.1, 0.15) is 35.3 Å². The highest BCUT2D eigenvalue weighted by Gasteiger charge is 2.62. The molecule has 3 aromatic rings. The Hall–Kier alpha value is -4.65. The van der Waals surface area contributed by atoms with E-state index < -0.39 is 17.8 Å². The van der Waals surface area contributed by atoms with Crippen molar-refractivity contribution < 1.29 is 28.6 Å². The number of anilines is 1. The number of hydrogen-bond donors (Lipinski definition) is 0. The van der Waals surface area contributed by atoms with E-state index in [1.807, 2.05) is 48.5 Å². The van der Waals surface area contributed by atoms with E-state index in [4.69, 9.17) is 14.2 Å². The molecule has 1 heterocycles. The molecule has 2 aliphatic carbocycles. The SMILES string of the molecule is COc1ccc(C(=C2[C@H]3C=C[C@H]2[C@H]2C(=O)N(c4ccccc4C(=O)OC(C)C)C(=O)[C@@H]23)c2ccc(OC)cc2)cc1. The summed E-state index contributed by atoms with van der Waals surface area (Å²) in [6.07, 6.45) is 3.78. The van der Waals surface area contributed by atoms with E-state index >= 15 is 0 Å². The lowest BCUT2D eigenvalue weighted by Crippen LogP contribution is -2.34. The van der Waals surface area contributed by atoms with Gasteiger partial charge in [0.1, 0.15) is 11.5 Å². The smallest absolute Gasteiger partial charge is 0.340 e. The number of imide groups is 1. The number of esters is 1. The maximum Gasteiger partial charge on any atom is 0.340 e. The summed E-state index contributed by atoms with van der Waals surface area (Å²) >= 11 is 0. The third kappa shape index (κ3) is 4.32. The average molecular weight is 550 g/mol. The van der Waals surface area contributed by atoms with E-state index in [-0.39, 0.29) is 41.0 Å². The molecule has 208 valence electrons. The molecule has 7 heteroatoms. The molecule has 41 heavy (non-hydrogen) atoms. The van der Waals surface area contributed by atoms with Crippen LogP contribution in [-0.4, -0.2) is 38.1 Å². The number of ether oxygens (including phenoxy) is 3. The molecule has 3 aliphatic rings. The van der Waals surface area contributed by atoms with Gasteiger partial charge in [-0.15, -0.1) is 0 Å². The minimum Gasteiger partial charge on any atom is -0.497 e. The molecule has 7 nitrogen and oxygen atoms in total. The van der Waals surface area contributed by atoms with Crippen LogP contribution in [0.2, 0.25) is 0 Å². The standard InChI is InChI=1S/C34H31NO6/c1-19(2)41-34(38)24-7-5-6-8-27(24)35-32(36)30-25-17-18-26(31(30)33(35)37)29(25)28(20-9-13-22(39-3)14-10-20)21-11-15-23(40-4)16-12-21/h5-19,25-26,30-31H,1-4H3/t25-,26-,30-,31-/m1/s1. The van der Waals surface area contributed by atoms with Crippen LogP contribution in [0.3, 0.4) is 0 Å². The fourth-order valence-electron chi connectivity index (χ4n) is 6.47. The highest BCUT2D eigenvalue weighted by Crippen LogP contribution is 2.59. The summed E-state index contributed by atoms with van der Waals surface area (Å²) in [5.74, 6) is -1.25. The number of allylic oxidation sites excluding steroid dienone is 3. The minimum atomic E-state index is -0.559. The van der Waals surface area contributed by atoms with Crippen LogP contribution in [0.25, 0.3) is 5.57 Å². The van der Waals surface area contributed by atoms with Gasteiger partial charge in [0.05, 0.1) is 43.4 Å². The second kappa shape index (κ2) is 10.4. The summed E-state index contributed by atoms with van der Waals surface area (Å²) in [4.78, 5) is 42.2. The van der Waals surface area contributed by atoms with Crippen LogP contribution >= 0.6 is 0 Å². The van der Waals surface area contributed by atoms with Crippen LogP contribution in [-0.2, 0) is 14.3 Å². The Morgan fingerprint density at radius 3 is 1.68 bits per heavy atom. The fraction of sp³-hybridized carbons (Fsp3) is 0.265. The molecule has 4 atom stereocenters. The molecule has 3 aromatic carbocycles. The van der Waals surface area contributed by atoms with Gasteiger partial charge in [0.2, 0.25) is 11.8 Å². The first-order valence-corrected chi connectivity index (χ1v) is 13.7. The summed E-state index contributed by atoms with van der Waals surface area (Å²) < 4.78 is 16.2. The lowest BCUT2D eigenvalue weighted by atomic mass is 9.85. The summed E-state index contributed by atoms with van der Waals surface area (Å²) in [5, 5.41) is 0. The molecule has 1 saturated heterocycles. The van der Waals surface area contributed by atoms with Gasteiger partial charge < -0.3 is 14.2 Å². The van der Waals surface area contributed by atoms with Crippen molar-refractivity contribution >= 4 is 29.0 Å². The van der Waals surface area contributed by atoms with E-state index in [0.717, 1.165) is 33.8 Å². The van der Waals surface area contributed by atoms with E-state index in [1.165, 1.54) is 4.90 Å². The Morgan fingerprint density at radius 1 is 0.732 bits per heavy atom. The lowest BCUT2D eigenvalue weighted by molar-refractivity contribution is -0.122. The summed E-state index contributed by atoms with van der Waals surface area (Å²) in [5.41, 5.74) is 4.49. The first-order chi connectivity index (χ1) is 19.8. The number of para-hydroxylation sites is 1. The van der Waals surface area contributed by atoms with Crippen molar-refractivity contribution in [3.63, 3.8) is 0 Å². The van der Waals surface area contributed by atoms with Crippen LogP contribution in [0.4, 0.5) is 5.69 Å². The Labute approximate surface area is 239 Å². The van der Waals surface area contributed by atoms with Crippen LogP contribution in [0.15, 0.2) is 90.5 Å². The van der Waals surface area contributed by atoms with Gasteiger partial charge in [0.25, 0.3) is 0 Å². The zero-order valence-electron chi connectivity index (χ0n) is 23.4. The molecule has 1 aliphatic heterocycles. The van der Waals surface area contributed by atoms with Crippen LogP contribution in [0, 0.1) is 23.7 Å². The van der Waals surface area contributed by atoms with Crippen molar-refractivity contribution in [2.45, 2.75) is 20.0 Å². The third-order valence-electron chi connectivity index (χ3n) is 8.17.